The molecule has 0 saturated heterocycles. The van der Waals surface area contributed by atoms with Crippen LogP contribution in [0.1, 0.15) is 71.0 Å². The molecule has 5 heteroatoms. The first-order valence-electron chi connectivity index (χ1n) is 9.40. The van der Waals surface area contributed by atoms with Crippen LogP contribution in [0.15, 0.2) is 21.6 Å². The van der Waals surface area contributed by atoms with Crippen molar-refractivity contribution >= 4 is 9.84 Å². The first-order valence-corrected chi connectivity index (χ1v) is 10.9. The summed E-state index contributed by atoms with van der Waals surface area (Å²) in [6, 6.07) is 1.66. The zero-order chi connectivity index (χ0) is 17.8. The molecule has 4 nitrogen and oxygen atoms in total. The molecule has 0 aromatic carbocycles. The van der Waals surface area contributed by atoms with Gasteiger partial charge in [0.25, 0.3) is 0 Å². The first kappa shape index (κ1) is 19.5. The van der Waals surface area contributed by atoms with Gasteiger partial charge in [-0.05, 0) is 51.8 Å². The van der Waals surface area contributed by atoms with Gasteiger partial charge in [-0.15, -0.1) is 0 Å². The lowest BCUT2D eigenvalue weighted by Crippen LogP contribution is -2.56. The van der Waals surface area contributed by atoms with E-state index >= 15 is 0 Å². The van der Waals surface area contributed by atoms with Crippen molar-refractivity contribution < 1.29 is 12.8 Å². The minimum Gasteiger partial charge on any atom is -0.468 e. The minimum atomic E-state index is -3.51. The molecule has 1 fully saturated rings. The number of furan rings is 1. The Kier molecular flexibility index (Phi) is 6.54. The van der Waals surface area contributed by atoms with Crippen LogP contribution in [0.5, 0.6) is 0 Å². The summed E-state index contributed by atoms with van der Waals surface area (Å²) in [6.07, 6.45) is 10.3. The van der Waals surface area contributed by atoms with E-state index in [4.69, 9.17) is 4.42 Å². The quantitative estimate of drug-likeness (QED) is 0.668. The van der Waals surface area contributed by atoms with Gasteiger partial charge in [0.05, 0.1) is 6.26 Å². The molecular formula is C19H33NO3S. The number of hydrogen-bond acceptors (Lipinski definition) is 4. The Morgan fingerprint density at radius 2 is 1.79 bits per heavy atom. The Bertz CT molecular complexity index is 612. The highest BCUT2D eigenvalue weighted by Crippen LogP contribution is 2.44. The Morgan fingerprint density at radius 1 is 1.17 bits per heavy atom. The van der Waals surface area contributed by atoms with Gasteiger partial charge >= 0.3 is 0 Å². The van der Waals surface area contributed by atoms with Gasteiger partial charge in [0.1, 0.15) is 15.5 Å². The van der Waals surface area contributed by atoms with Crippen molar-refractivity contribution in [2.24, 2.45) is 5.92 Å². The average molecular weight is 356 g/mol. The van der Waals surface area contributed by atoms with E-state index in [1.54, 1.807) is 6.07 Å². The van der Waals surface area contributed by atoms with Gasteiger partial charge in [-0.1, -0.05) is 39.5 Å². The van der Waals surface area contributed by atoms with Gasteiger partial charge in [-0.3, -0.25) is 4.90 Å². The lowest BCUT2D eigenvalue weighted by Gasteiger charge is -2.44. The van der Waals surface area contributed by atoms with Crippen LogP contribution < -0.4 is 0 Å². The van der Waals surface area contributed by atoms with E-state index in [-0.39, 0.29) is 5.92 Å². The number of aryl methyl sites for hydroxylation is 1. The van der Waals surface area contributed by atoms with Crippen molar-refractivity contribution in [1.29, 1.82) is 0 Å². The van der Waals surface area contributed by atoms with E-state index in [9.17, 15) is 8.42 Å². The van der Waals surface area contributed by atoms with E-state index in [0.29, 0.717) is 23.5 Å². The maximum atomic E-state index is 13.8. The molecular weight excluding hydrogens is 322 g/mol. The molecule has 1 saturated carbocycles. The minimum absolute atomic E-state index is 0.175. The second-order valence-corrected chi connectivity index (χ2v) is 9.40. The van der Waals surface area contributed by atoms with Gasteiger partial charge in [0.2, 0.25) is 9.84 Å². The fourth-order valence-electron chi connectivity index (χ4n) is 4.52. The standard InChI is InChI=1S/C19H33NO3S/c1-5-11-17-18(14-15-23-17)24(21,22)19(6-2,20(3)4)16-12-9-7-8-10-13-16/h14-16H,5-13H2,1-4H3. The van der Waals surface area contributed by atoms with Crippen LogP contribution in [0.25, 0.3) is 0 Å². The molecule has 0 radical (unpaired) electrons. The molecule has 0 amide bonds. The van der Waals surface area contributed by atoms with Crippen molar-refractivity contribution in [1.82, 2.24) is 4.90 Å². The zero-order valence-corrected chi connectivity index (χ0v) is 16.5. The molecule has 0 N–H and O–H groups in total. The lowest BCUT2D eigenvalue weighted by atomic mass is 9.88. The third-order valence-corrected chi connectivity index (χ3v) is 8.55. The summed E-state index contributed by atoms with van der Waals surface area (Å²) in [5.74, 6) is 0.792. The summed E-state index contributed by atoms with van der Waals surface area (Å²) in [6.45, 7) is 4.06. The Morgan fingerprint density at radius 3 is 2.29 bits per heavy atom. The maximum Gasteiger partial charge on any atom is 0.201 e. The van der Waals surface area contributed by atoms with E-state index in [0.717, 1.165) is 32.1 Å². The summed E-state index contributed by atoms with van der Waals surface area (Å²) < 4.78 is 33.1. The molecule has 0 aliphatic heterocycles. The Hall–Kier alpha value is -0.810. The number of rotatable bonds is 7. The predicted molar refractivity (Wildman–Crippen MR) is 97.8 cm³/mol. The number of hydrogen-bond donors (Lipinski definition) is 0. The molecule has 1 unspecified atom stereocenters. The zero-order valence-electron chi connectivity index (χ0n) is 15.7. The summed E-state index contributed by atoms with van der Waals surface area (Å²) in [4.78, 5) is 1.52. The van der Waals surface area contributed by atoms with Crippen molar-refractivity contribution in [2.75, 3.05) is 14.1 Å². The van der Waals surface area contributed by atoms with Crippen molar-refractivity contribution in [3.63, 3.8) is 0 Å². The van der Waals surface area contributed by atoms with Gasteiger partial charge in [0.15, 0.2) is 0 Å². The van der Waals surface area contributed by atoms with E-state index < -0.39 is 14.7 Å². The second-order valence-electron chi connectivity index (χ2n) is 7.24. The molecule has 1 aromatic heterocycles. The topological polar surface area (TPSA) is 50.5 Å². The van der Waals surface area contributed by atoms with Crippen LogP contribution in [0, 0.1) is 5.92 Å². The third kappa shape index (κ3) is 3.30. The smallest absolute Gasteiger partial charge is 0.201 e. The first-order chi connectivity index (χ1) is 11.4. The lowest BCUT2D eigenvalue weighted by molar-refractivity contribution is 0.140. The predicted octanol–water partition coefficient (Wildman–Crippen LogP) is 4.64. The summed E-state index contributed by atoms with van der Waals surface area (Å²) in [7, 11) is 0.339. The SMILES string of the molecule is CCCc1occc1S(=O)(=O)C(CC)(C1CCCCCC1)N(C)C. The Balaban J connectivity index is 2.55. The van der Waals surface area contributed by atoms with Gasteiger partial charge in [-0.25, -0.2) is 8.42 Å². The molecule has 2 rings (SSSR count). The van der Waals surface area contributed by atoms with Crippen LogP contribution >= 0.6 is 0 Å². The maximum absolute atomic E-state index is 13.8. The Labute approximate surface area is 147 Å². The van der Waals surface area contributed by atoms with Gasteiger partial charge in [0, 0.05) is 6.42 Å². The van der Waals surface area contributed by atoms with Crippen LogP contribution in [0.3, 0.4) is 0 Å². The molecule has 1 aliphatic rings. The monoisotopic (exact) mass is 355 g/mol. The molecule has 0 bridgehead atoms. The van der Waals surface area contributed by atoms with E-state index in [2.05, 4.69) is 0 Å². The fourth-order valence-corrected chi connectivity index (χ4v) is 7.12. The van der Waals surface area contributed by atoms with Crippen molar-refractivity contribution in [2.45, 2.75) is 81.4 Å². The molecule has 1 heterocycles. The van der Waals surface area contributed by atoms with Gasteiger partial charge < -0.3 is 4.42 Å². The average Bonchev–Trinajstić information content (AvgIpc) is 2.84. The highest BCUT2D eigenvalue weighted by atomic mass is 32.2. The molecule has 1 atom stereocenters. The number of nitrogens with zero attached hydrogens (tertiary/aromatic N) is 1. The fraction of sp³-hybridized carbons (Fsp3) is 0.789. The van der Waals surface area contributed by atoms with Crippen LogP contribution in [0.4, 0.5) is 0 Å². The highest BCUT2D eigenvalue weighted by Gasteiger charge is 2.51. The van der Waals surface area contributed by atoms with Crippen molar-refractivity contribution in [3.05, 3.63) is 18.1 Å². The van der Waals surface area contributed by atoms with E-state index in [1.807, 2.05) is 32.8 Å². The second kappa shape index (κ2) is 8.05. The largest absolute Gasteiger partial charge is 0.468 e. The molecule has 0 spiro atoms. The summed E-state index contributed by atoms with van der Waals surface area (Å²) in [5.41, 5.74) is 0. The van der Waals surface area contributed by atoms with Crippen molar-refractivity contribution in [3.8, 4) is 0 Å². The van der Waals surface area contributed by atoms with Crippen LogP contribution in [-0.4, -0.2) is 32.3 Å². The van der Waals surface area contributed by atoms with E-state index in [1.165, 1.54) is 19.1 Å². The van der Waals surface area contributed by atoms with Crippen LogP contribution in [-0.2, 0) is 16.3 Å². The third-order valence-electron chi connectivity index (χ3n) is 5.69. The molecule has 1 aliphatic carbocycles. The molecule has 138 valence electrons. The van der Waals surface area contributed by atoms with Gasteiger partial charge in [-0.2, -0.15) is 0 Å². The normalized spacial score (nSPS) is 20.0. The highest BCUT2D eigenvalue weighted by molar-refractivity contribution is 7.92. The van der Waals surface area contributed by atoms with Crippen LogP contribution in [0.2, 0.25) is 0 Å². The summed E-state index contributed by atoms with van der Waals surface area (Å²) >= 11 is 0. The molecule has 1 aromatic rings. The summed E-state index contributed by atoms with van der Waals surface area (Å²) in [5, 5.41) is 0. The molecule has 24 heavy (non-hydrogen) atoms. The number of sulfone groups is 1.